The molecule has 1 aromatic carbocycles. The summed E-state index contributed by atoms with van der Waals surface area (Å²) in [4.78, 5) is 70.5. The molecule has 5 fully saturated rings. The third kappa shape index (κ3) is 8.69. The van der Waals surface area contributed by atoms with Crippen LogP contribution in [0.5, 0.6) is 5.75 Å². The Morgan fingerprint density at radius 2 is 1.58 bits per heavy atom. The molecule has 6 aliphatic rings. The van der Waals surface area contributed by atoms with Crippen LogP contribution in [-0.4, -0.2) is 83.0 Å². The number of ketones is 1. The van der Waals surface area contributed by atoms with Gasteiger partial charge in [0.05, 0.1) is 22.9 Å². The average molecular weight is 921 g/mol. The molecule has 8 atom stereocenters. The number of likely N-dealkylation sites (tertiary alicyclic amines) is 1. The number of esters is 1. The van der Waals surface area contributed by atoms with Gasteiger partial charge >= 0.3 is 11.9 Å². The van der Waals surface area contributed by atoms with Gasteiger partial charge in [0.1, 0.15) is 24.0 Å². The molecule has 0 aromatic heterocycles. The first-order valence-corrected chi connectivity index (χ1v) is 25.1. The summed E-state index contributed by atoms with van der Waals surface area (Å²) in [6.07, 6.45) is 10.4. The van der Waals surface area contributed by atoms with Crippen molar-refractivity contribution in [1.29, 1.82) is 0 Å². The number of rotatable bonds is 13. The molecule has 7 rings (SSSR count). The number of aliphatic carboxylic acids is 1. The maximum absolute atomic E-state index is 14.7. The Morgan fingerprint density at radius 1 is 0.892 bits per heavy atom. The minimum atomic E-state index is -1.32. The number of hydrogen-bond acceptors (Lipinski definition) is 8. The number of ether oxygens (including phenoxy) is 2. The Hall–Kier alpha value is -3.44. The molecule has 11 nitrogen and oxygen atoms in total. The molecule has 0 radical (unpaired) electrons. The van der Waals surface area contributed by atoms with Gasteiger partial charge in [0.15, 0.2) is 5.78 Å². The van der Waals surface area contributed by atoms with Gasteiger partial charge in [-0.1, -0.05) is 66.5 Å². The number of nitrogens with zero attached hydrogens (tertiary/aromatic N) is 1. The van der Waals surface area contributed by atoms with Crippen molar-refractivity contribution < 1.29 is 38.6 Å². The number of Topliss-reactive ketones (excluding diaryl/α,β-unsaturated/α-hetero) is 1. The maximum Gasteiger partial charge on any atom is 0.309 e. The van der Waals surface area contributed by atoms with Crippen LogP contribution in [0.3, 0.4) is 0 Å². The van der Waals surface area contributed by atoms with Crippen molar-refractivity contribution in [2.75, 3.05) is 26.2 Å². The minimum absolute atomic E-state index is 0.0109. The molecule has 0 spiro atoms. The number of carbonyl (C=O) groups is 5. The first-order valence-electron chi connectivity index (χ1n) is 24.7. The average Bonchev–Trinajstić information content (AvgIpc) is 3.51. The van der Waals surface area contributed by atoms with Gasteiger partial charge in [-0.05, 0) is 174 Å². The minimum Gasteiger partial charge on any atom is -0.491 e. The second-order valence-corrected chi connectivity index (χ2v) is 24.3. The second-order valence-electron chi connectivity index (χ2n) is 23.9. The van der Waals surface area contributed by atoms with Crippen molar-refractivity contribution in [1.82, 2.24) is 15.5 Å². The first kappa shape index (κ1) is 49.5. The van der Waals surface area contributed by atoms with E-state index in [9.17, 15) is 29.1 Å². The van der Waals surface area contributed by atoms with Gasteiger partial charge in [-0.3, -0.25) is 28.9 Å². The molecular weight excluding hydrogens is 842 g/mol. The molecule has 1 saturated heterocycles. The van der Waals surface area contributed by atoms with Gasteiger partial charge in [-0.2, -0.15) is 0 Å². The third-order valence-corrected chi connectivity index (χ3v) is 18.7. The largest absolute Gasteiger partial charge is 0.491 e. The summed E-state index contributed by atoms with van der Waals surface area (Å²) < 4.78 is 12.4. The van der Waals surface area contributed by atoms with Crippen molar-refractivity contribution in [3.63, 3.8) is 0 Å². The number of halogens is 1. The highest BCUT2D eigenvalue weighted by atomic mass is 35.5. The number of carboxylic acids is 1. The van der Waals surface area contributed by atoms with E-state index in [4.69, 9.17) is 21.1 Å². The van der Waals surface area contributed by atoms with Gasteiger partial charge in [-0.25, -0.2) is 0 Å². The van der Waals surface area contributed by atoms with E-state index in [0.717, 1.165) is 75.7 Å². The second kappa shape index (κ2) is 17.6. The van der Waals surface area contributed by atoms with Crippen LogP contribution in [0, 0.1) is 50.7 Å². The van der Waals surface area contributed by atoms with E-state index in [-0.39, 0.29) is 64.1 Å². The Kier molecular flexibility index (Phi) is 13.4. The standard InChI is InChI=1S/C53H78ClN3O8/c1-32(2)42-36(58)30-53(56-45(61)49(7,8)55-44(60)34-16-15-33(54)29-37(34)64-28-27-57-25-13-12-14-26-57)24-23-51(10)35(43(42)53)17-18-39-50(9)21-20-40(65-41(59)31-47(3,4)46(62)63)48(5,6)38(50)19-22-52(39,51)11/h15-16,29,32,35,38-40H,12-14,17-28,30-31H2,1-11H3,(H,55,60)(H,56,61)(H,62,63)/t35-,38+,39-,40+,50+,51-,52-,53-/m1/s1. The van der Waals surface area contributed by atoms with Crippen LogP contribution < -0.4 is 15.4 Å². The summed E-state index contributed by atoms with van der Waals surface area (Å²) in [5, 5.41) is 16.6. The van der Waals surface area contributed by atoms with E-state index in [0.29, 0.717) is 41.2 Å². The molecule has 12 heteroatoms. The van der Waals surface area contributed by atoms with Crippen molar-refractivity contribution in [3.8, 4) is 5.75 Å². The summed E-state index contributed by atoms with van der Waals surface area (Å²) in [6, 6.07) is 4.96. The lowest BCUT2D eigenvalue weighted by Gasteiger charge is -2.72. The number of nitrogens with one attached hydrogen (secondary N) is 2. The van der Waals surface area contributed by atoms with Crippen LogP contribution in [0.25, 0.3) is 0 Å². The smallest absolute Gasteiger partial charge is 0.309 e. The van der Waals surface area contributed by atoms with Gasteiger partial charge in [0, 0.05) is 23.4 Å². The topological polar surface area (TPSA) is 151 Å². The van der Waals surface area contributed by atoms with Gasteiger partial charge < -0.3 is 25.2 Å². The fourth-order valence-corrected chi connectivity index (χ4v) is 14.8. The van der Waals surface area contributed by atoms with E-state index in [1.165, 1.54) is 19.3 Å². The number of carbonyl (C=O) groups excluding carboxylic acids is 4. The van der Waals surface area contributed by atoms with Crippen molar-refractivity contribution >= 4 is 41.1 Å². The van der Waals surface area contributed by atoms with E-state index in [1.54, 1.807) is 45.9 Å². The van der Waals surface area contributed by atoms with Gasteiger partial charge in [0.25, 0.3) is 5.91 Å². The number of piperidine rings is 1. The van der Waals surface area contributed by atoms with Crippen molar-refractivity contribution in [2.24, 2.45) is 50.7 Å². The summed E-state index contributed by atoms with van der Waals surface area (Å²) in [7, 11) is 0. The maximum atomic E-state index is 14.7. The Morgan fingerprint density at radius 3 is 2.25 bits per heavy atom. The Bertz CT molecular complexity index is 2110. The van der Waals surface area contributed by atoms with Crippen LogP contribution in [-0.2, 0) is 23.9 Å². The summed E-state index contributed by atoms with van der Waals surface area (Å²) in [5.74, 6) is -0.936. The molecule has 3 N–H and O–H groups in total. The normalized spacial score (nSPS) is 33.6. The highest BCUT2D eigenvalue weighted by Crippen LogP contribution is 2.76. The lowest BCUT2D eigenvalue weighted by Crippen LogP contribution is -2.68. The predicted octanol–water partition coefficient (Wildman–Crippen LogP) is 9.98. The summed E-state index contributed by atoms with van der Waals surface area (Å²) in [6.45, 7) is 26.0. The fraction of sp³-hybridized carbons (Fsp3) is 0.755. The third-order valence-electron chi connectivity index (χ3n) is 18.5. The number of fused-ring (bicyclic) bond motifs is 7. The van der Waals surface area contributed by atoms with Gasteiger partial charge in [0.2, 0.25) is 5.91 Å². The lowest BCUT2D eigenvalue weighted by molar-refractivity contribution is -0.232. The number of hydrogen-bond donors (Lipinski definition) is 3. The molecular formula is C53H78ClN3O8. The Labute approximate surface area is 393 Å². The quantitative estimate of drug-likeness (QED) is 0.164. The molecule has 0 unspecified atom stereocenters. The summed E-state index contributed by atoms with van der Waals surface area (Å²) in [5.41, 5.74) is -1.57. The zero-order chi connectivity index (χ0) is 47.7. The molecule has 5 aliphatic carbocycles. The number of benzene rings is 1. The highest BCUT2D eigenvalue weighted by molar-refractivity contribution is 6.30. The SMILES string of the molecule is CC(C)C1=C2[C@H]3CC[C@@H]4[C@@]5(C)CC[C@H](OC(=O)CC(C)(C)C(=O)O)C(C)(C)[C@@H]5CC[C@@]4(C)[C@]3(C)CC[C@@]2(NC(=O)C(C)(C)NC(=O)c2ccc(Cl)cc2OCCN2CCCCC2)CC1=O. The van der Waals surface area contributed by atoms with Crippen LogP contribution in [0.4, 0.5) is 0 Å². The van der Waals surface area contributed by atoms with E-state index < -0.39 is 34.3 Å². The molecule has 2 amide bonds. The van der Waals surface area contributed by atoms with Crippen LogP contribution in [0.15, 0.2) is 29.3 Å². The molecule has 1 aromatic rings. The predicted molar refractivity (Wildman–Crippen MR) is 253 cm³/mol. The van der Waals surface area contributed by atoms with E-state index in [2.05, 4.69) is 64.0 Å². The van der Waals surface area contributed by atoms with Gasteiger partial charge in [-0.15, -0.1) is 0 Å². The fourth-order valence-electron chi connectivity index (χ4n) is 14.6. The van der Waals surface area contributed by atoms with Crippen molar-refractivity contribution in [3.05, 3.63) is 39.9 Å². The lowest BCUT2D eigenvalue weighted by atomic mass is 9.33. The van der Waals surface area contributed by atoms with Crippen molar-refractivity contribution in [2.45, 2.75) is 177 Å². The highest BCUT2D eigenvalue weighted by Gasteiger charge is 2.70. The molecule has 0 bridgehead atoms. The molecule has 360 valence electrons. The zero-order valence-electron chi connectivity index (χ0n) is 41.3. The number of allylic oxidation sites excluding steroid dienone is 1. The zero-order valence-corrected chi connectivity index (χ0v) is 42.0. The number of carboxylic acid groups (broad SMARTS) is 1. The Balaban J connectivity index is 1.10. The molecule has 1 heterocycles. The van der Waals surface area contributed by atoms with Crippen LogP contribution in [0.1, 0.15) is 170 Å². The van der Waals surface area contributed by atoms with E-state index >= 15 is 0 Å². The molecule has 1 aliphatic heterocycles. The first-order chi connectivity index (χ1) is 30.2. The monoisotopic (exact) mass is 920 g/mol. The molecule has 4 saturated carbocycles. The van der Waals surface area contributed by atoms with Crippen LogP contribution in [0.2, 0.25) is 5.02 Å². The number of amides is 2. The molecule has 65 heavy (non-hydrogen) atoms. The summed E-state index contributed by atoms with van der Waals surface area (Å²) >= 11 is 6.39. The van der Waals surface area contributed by atoms with E-state index in [1.807, 2.05) is 0 Å². The van der Waals surface area contributed by atoms with Crippen LogP contribution >= 0.6 is 11.6 Å².